The van der Waals surface area contributed by atoms with Crippen LogP contribution in [0.5, 0.6) is 0 Å². The molecule has 0 aliphatic carbocycles. The molecule has 2 heteroatoms. The van der Waals surface area contributed by atoms with Crippen molar-refractivity contribution in [3.8, 4) is 0 Å². The number of hydrogen-bond donors (Lipinski definition) is 0. The fraction of sp³-hybridized carbons (Fsp3) is 1.00. The predicted molar refractivity (Wildman–Crippen MR) is 37.3 cm³/mol. The molecular weight excluding hydrogens is 122 g/mol. The second-order valence-electron chi connectivity index (χ2n) is 1.75. The zero-order valence-electron chi connectivity index (χ0n) is 4.91. The first kappa shape index (κ1) is 7.82. The van der Waals surface area contributed by atoms with Gasteiger partial charge in [-0.1, -0.05) is 31.5 Å². The van der Waals surface area contributed by atoms with Crippen LogP contribution < -0.4 is 0 Å². The van der Waals surface area contributed by atoms with Gasteiger partial charge in [-0.2, -0.15) is 0 Å². The Bertz CT molecular complexity index is 27.3. The van der Waals surface area contributed by atoms with Crippen molar-refractivity contribution in [3.63, 3.8) is 0 Å². The molecule has 0 nitrogen and oxygen atoms in total. The SMILES string of the molecule is CCCC[CH2][AlH][Cl]. The summed E-state index contributed by atoms with van der Waals surface area (Å²) >= 11 is -0.134. The fourth-order valence-corrected chi connectivity index (χ4v) is 1.63. The Hall–Kier alpha value is 0.822. The zero-order valence-corrected chi connectivity index (χ0v) is 7.08. The van der Waals surface area contributed by atoms with Crippen LogP contribution in [0.2, 0.25) is 5.28 Å². The van der Waals surface area contributed by atoms with E-state index in [9.17, 15) is 0 Å². The topological polar surface area (TPSA) is 0 Å². The van der Waals surface area contributed by atoms with Gasteiger partial charge < -0.3 is 0 Å². The largest absolute Gasteiger partial charge is 0.376 e. The summed E-state index contributed by atoms with van der Waals surface area (Å²) in [7, 11) is 5.58. The number of halogens is 1. The molecule has 0 N–H and O–H groups in total. The van der Waals surface area contributed by atoms with Crippen molar-refractivity contribution in [1.29, 1.82) is 0 Å². The van der Waals surface area contributed by atoms with Crippen LogP contribution in [0.25, 0.3) is 0 Å². The molecule has 42 valence electrons. The molecule has 0 fully saturated rings. The molecule has 0 aromatic heterocycles. The van der Waals surface area contributed by atoms with E-state index in [-0.39, 0.29) is 14.3 Å². The summed E-state index contributed by atoms with van der Waals surface area (Å²) in [4.78, 5) is 0. The molecule has 0 radical (unpaired) electrons. The molecule has 0 heterocycles. The van der Waals surface area contributed by atoms with Crippen LogP contribution in [0.4, 0.5) is 0 Å². The molecule has 7 heavy (non-hydrogen) atoms. The van der Waals surface area contributed by atoms with Crippen LogP contribution in [-0.4, -0.2) is 14.3 Å². The van der Waals surface area contributed by atoms with Gasteiger partial charge >= 0.3 is 14.3 Å². The predicted octanol–water partition coefficient (Wildman–Crippen LogP) is 2.19. The number of unbranched alkanes of at least 4 members (excludes halogenated alkanes) is 2. The maximum absolute atomic E-state index is 5.58. The van der Waals surface area contributed by atoms with Crippen molar-refractivity contribution >= 4 is 24.3 Å². The highest BCUT2D eigenvalue weighted by Gasteiger charge is 1.85. The third-order valence-corrected chi connectivity index (χ3v) is 2.56. The van der Waals surface area contributed by atoms with E-state index < -0.39 is 0 Å². The summed E-state index contributed by atoms with van der Waals surface area (Å²) in [6.07, 6.45) is 4.07. The van der Waals surface area contributed by atoms with Crippen molar-refractivity contribution in [2.75, 3.05) is 0 Å². The van der Waals surface area contributed by atoms with E-state index in [0.29, 0.717) is 0 Å². The van der Waals surface area contributed by atoms with E-state index in [4.69, 9.17) is 10.0 Å². The molecule has 0 bridgehead atoms. The molecule has 0 unspecified atom stereocenters. The van der Waals surface area contributed by atoms with Gasteiger partial charge in [0.05, 0.1) is 0 Å². The first-order valence-corrected chi connectivity index (χ1v) is 6.11. The Kier molecular flexibility index (Phi) is 7.62. The summed E-state index contributed by atoms with van der Waals surface area (Å²) in [5, 5.41) is 1.33. The summed E-state index contributed by atoms with van der Waals surface area (Å²) in [6.45, 7) is 2.22. The minimum atomic E-state index is -0.134. The molecule has 0 aliphatic heterocycles. The van der Waals surface area contributed by atoms with E-state index in [0.717, 1.165) is 0 Å². The van der Waals surface area contributed by atoms with Gasteiger partial charge in [0.1, 0.15) is 0 Å². The Morgan fingerprint density at radius 1 is 1.43 bits per heavy atom. The fourth-order valence-electron chi connectivity index (χ4n) is 0.521. The molecule has 0 spiro atoms. The summed E-state index contributed by atoms with van der Waals surface area (Å²) in [6, 6.07) is 0. The molecule has 0 rings (SSSR count). The maximum atomic E-state index is 5.58. The highest BCUT2D eigenvalue weighted by molar-refractivity contribution is 6.93. The lowest BCUT2D eigenvalue weighted by atomic mass is 10.3. The smallest absolute Gasteiger partial charge is 0.267 e. The van der Waals surface area contributed by atoms with Crippen molar-refractivity contribution in [2.24, 2.45) is 0 Å². The van der Waals surface area contributed by atoms with Crippen LogP contribution in [0.3, 0.4) is 0 Å². The Morgan fingerprint density at radius 3 is 2.57 bits per heavy atom. The summed E-state index contributed by atoms with van der Waals surface area (Å²) < 4.78 is 0. The van der Waals surface area contributed by atoms with E-state index in [1.165, 1.54) is 24.5 Å². The highest BCUT2D eigenvalue weighted by Crippen LogP contribution is 1.98. The van der Waals surface area contributed by atoms with Gasteiger partial charge in [-0.05, 0) is 0 Å². The van der Waals surface area contributed by atoms with E-state index in [2.05, 4.69) is 6.92 Å². The molecule has 0 aliphatic rings. The molecule has 0 saturated carbocycles. The first-order chi connectivity index (χ1) is 3.41. The van der Waals surface area contributed by atoms with Crippen molar-refractivity contribution in [2.45, 2.75) is 31.5 Å². The van der Waals surface area contributed by atoms with Gasteiger partial charge in [0, 0.05) is 0 Å². The maximum Gasteiger partial charge on any atom is 0.376 e. The van der Waals surface area contributed by atoms with Gasteiger partial charge in [0.25, 0.3) is 0 Å². The second-order valence-corrected chi connectivity index (χ2v) is 3.97. The van der Waals surface area contributed by atoms with Crippen molar-refractivity contribution in [3.05, 3.63) is 0 Å². The molecule has 0 amide bonds. The second kappa shape index (κ2) is 6.82. The standard InChI is InChI=1S/C5H11.Al.ClH.H/c1-3-5-4-2;;;/h1,3-5H2,2H3;;1H;/q;+1;;/p-1. The van der Waals surface area contributed by atoms with Gasteiger partial charge in [0.15, 0.2) is 0 Å². The van der Waals surface area contributed by atoms with Gasteiger partial charge in [0.2, 0.25) is 0 Å². The van der Waals surface area contributed by atoms with E-state index in [1.54, 1.807) is 0 Å². The van der Waals surface area contributed by atoms with Crippen LogP contribution in [-0.2, 0) is 0 Å². The average Bonchev–Trinajstić information content (AvgIpc) is 1.69. The quantitative estimate of drug-likeness (QED) is 0.409. The lowest BCUT2D eigenvalue weighted by molar-refractivity contribution is 0.770. The van der Waals surface area contributed by atoms with Crippen LogP contribution in [0.15, 0.2) is 0 Å². The van der Waals surface area contributed by atoms with Crippen LogP contribution in [0.1, 0.15) is 26.2 Å². The molecule has 0 aromatic carbocycles. The van der Waals surface area contributed by atoms with Crippen molar-refractivity contribution < 1.29 is 0 Å². The lowest BCUT2D eigenvalue weighted by Gasteiger charge is -1.88. The Balaban J connectivity index is 2.45. The van der Waals surface area contributed by atoms with Crippen LogP contribution >= 0.6 is 10.0 Å². The first-order valence-electron chi connectivity index (χ1n) is 2.97. The minimum Gasteiger partial charge on any atom is -0.267 e. The molecular formula is C5H12AlCl. The van der Waals surface area contributed by atoms with Gasteiger partial charge in [-0.25, -0.2) is 0 Å². The summed E-state index contributed by atoms with van der Waals surface area (Å²) in [5.41, 5.74) is 0. The third-order valence-electron chi connectivity index (χ3n) is 0.987. The van der Waals surface area contributed by atoms with Gasteiger partial charge in [-0.15, -0.1) is 0 Å². The molecule has 0 aromatic rings. The highest BCUT2D eigenvalue weighted by atomic mass is 35.6. The number of rotatable bonds is 4. The van der Waals surface area contributed by atoms with E-state index in [1.807, 2.05) is 0 Å². The third kappa shape index (κ3) is 6.82. The van der Waals surface area contributed by atoms with Gasteiger partial charge in [-0.3, -0.25) is 10.0 Å². The monoisotopic (exact) mass is 134 g/mol. The molecule has 0 atom stereocenters. The van der Waals surface area contributed by atoms with Crippen molar-refractivity contribution in [1.82, 2.24) is 0 Å². The normalized spacial score (nSPS) is 8.86. The van der Waals surface area contributed by atoms with Crippen LogP contribution in [0, 0.1) is 0 Å². The zero-order chi connectivity index (χ0) is 5.54. The minimum absolute atomic E-state index is 0.134. The van der Waals surface area contributed by atoms with E-state index >= 15 is 0 Å². The molecule has 0 saturated heterocycles. The lowest BCUT2D eigenvalue weighted by Crippen LogP contribution is -1.76. The summed E-state index contributed by atoms with van der Waals surface area (Å²) in [5.74, 6) is 0. The average molecular weight is 135 g/mol. The number of hydrogen-bond acceptors (Lipinski definition) is 0. The Morgan fingerprint density at radius 2 is 2.14 bits per heavy atom. The Labute approximate surface area is 56.2 Å².